The van der Waals surface area contributed by atoms with Gasteiger partial charge in [0.15, 0.2) is 0 Å². The monoisotopic (exact) mass is 205 g/mol. The second-order valence-corrected chi connectivity index (χ2v) is 2.98. The van der Waals surface area contributed by atoms with E-state index in [1.54, 1.807) is 6.08 Å². The van der Waals surface area contributed by atoms with Crippen LogP contribution in [0.5, 0.6) is 0 Å². The molecule has 2 nitrogen and oxygen atoms in total. The smallest absolute Gasteiger partial charge is 0.142 e. The maximum absolute atomic E-state index is 10.1. The number of hydrogen-bond donors (Lipinski definition) is 0. The first kappa shape index (κ1) is 13.4. The second kappa shape index (κ2) is 7.80. The number of benzene rings is 1. The maximum atomic E-state index is 10.1. The summed E-state index contributed by atoms with van der Waals surface area (Å²) in [7, 11) is 3.99. The third-order valence-electron chi connectivity index (χ3n) is 1.78. The summed E-state index contributed by atoms with van der Waals surface area (Å²) >= 11 is 0. The lowest BCUT2D eigenvalue weighted by atomic mass is 10.2. The second-order valence-electron chi connectivity index (χ2n) is 2.98. The third kappa shape index (κ3) is 5.01. The van der Waals surface area contributed by atoms with Crippen LogP contribution in [0, 0.1) is 0 Å². The molecule has 0 N–H and O–H groups in total. The van der Waals surface area contributed by atoms with E-state index in [1.165, 1.54) is 6.08 Å². The Kier molecular flexibility index (Phi) is 6.98. The Hall–Kier alpha value is -1.57. The first-order valence-electron chi connectivity index (χ1n) is 5.13. The predicted molar refractivity (Wildman–Crippen MR) is 67.2 cm³/mol. The van der Waals surface area contributed by atoms with Crippen LogP contribution >= 0.6 is 0 Å². The molecule has 15 heavy (non-hydrogen) atoms. The van der Waals surface area contributed by atoms with E-state index >= 15 is 0 Å². The normalized spacial score (nSPS) is 9.33. The molecule has 0 saturated carbocycles. The third-order valence-corrected chi connectivity index (χ3v) is 1.78. The van der Waals surface area contributed by atoms with E-state index in [1.807, 2.05) is 57.1 Å². The first-order valence-corrected chi connectivity index (χ1v) is 5.13. The van der Waals surface area contributed by atoms with Crippen molar-refractivity contribution in [3.05, 3.63) is 35.9 Å². The molecule has 1 aromatic rings. The molecular weight excluding hydrogens is 186 g/mol. The first-order chi connectivity index (χ1) is 7.24. The lowest BCUT2D eigenvalue weighted by Crippen LogP contribution is -2.07. The summed E-state index contributed by atoms with van der Waals surface area (Å²) in [6, 6.07) is 8.00. The molecule has 0 aromatic heterocycles. The highest BCUT2D eigenvalue weighted by Crippen LogP contribution is 2.12. The molecule has 1 aromatic carbocycles. The van der Waals surface area contributed by atoms with E-state index in [2.05, 4.69) is 0 Å². The lowest BCUT2D eigenvalue weighted by molar-refractivity contribution is -0.104. The number of rotatable bonds is 3. The molecule has 0 atom stereocenters. The number of carbonyl (C=O) groups is 1. The molecule has 0 bridgehead atoms. The van der Waals surface area contributed by atoms with Crippen LogP contribution in [0.25, 0.3) is 6.08 Å². The molecule has 0 saturated heterocycles. The van der Waals surface area contributed by atoms with Gasteiger partial charge in [0.2, 0.25) is 0 Å². The lowest BCUT2D eigenvalue weighted by Gasteiger charge is -2.11. The molecule has 0 amide bonds. The number of nitrogens with zero attached hydrogens (tertiary/aromatic N) is 1. The van der Waals surface area contributed by atoms with Gasteiger partial charge in [-0.15, -0.1) is 0 Å². The van der Waals surface area contributed by atoms with Gasteiger partial charge in [0.25, 0.3) is 0 Å². The molecule has 2 heteroatoms. The SMILES string of the molecule is CC.CN(C)c1ccc(C=CC=O)cc1. The predicted octanol–water partition coefficient (Wildman–Crippen LogP) is 2.99. The number of aldehydes is 1. The highest BCUT2D eigenvalue weighted by atomic mass is 16.1. The van der Waals surface area contributed by atoms with Gasteiger partial charge in [-0.2, -0.15) is 0 Å². The topological polar surface area (TPSA) is 20.3 Å². The minimum Gasteiger partial charge on any atom is -0.378 e. The summed E-state index contributed by atoms with van der Waals surface area (Å²) in [6.45, 7) is 4.00. The molecule has 0 spiro atoms. The molecule has 0 fully saturated rings. The summed E-state index contributed by atoms with van der Waals surface area (Å²) in [6.07, 6.45) is 4.05. The van der Waals surface area contributed by atoms with Crippen LogP contribution in [0.4, 0.5) is 5.69 Å². The Balaban J connectivity index is 0.000000921. The van der Waals surface area contributed by atoms with Crippen LogP contribution in [-0.2, 0) is 4.79 Å². The average molecular weight is 205 g/mol. The molecule has 0 aliphatic heterocycles. The summed E-state index contributed by atoms with van der Waals surface area (Å²) in [5, 5.41) is 0. The number of hydrogen-bond acceptors (Lipinski definition) is 2. The number of carbonyl (C=O) groups excluding carboxylic acids is 1. The van der Waals surface area contributed by atoms with Crippen molar-refractivity contribution in [2.45, 2.75) is 13.8 Å². The van der Waals surface area contributed by atoms with Gasteiger partial charge in [0.05, 0.1) is 0 Å². The Morgan fingerprint density at radius 1 is 1.07 bits per heavy atom. The molecule has 1 rings (SSSR count). The summed E-state index contributed by atoms with van der Waals surface area (Å²) in [5.41, 5.74) is 2.20. The van der Waals surface area contributed by atoms with Crippen molar-refractivity contribution in [3.63, 3.8) is 0 Å². The summed E-state index contributed by atoms with van der Waals surface area (Å²) in [4.78, 5) is 12.1. The highest BCUT2D eigenvalue weighted by molar-refractivity contribution is 5.74. The van der Waals surface area contributed by atoms with Gasteiger partial charge in [0, 0.05) is 19.8 Å². The van der Waals surface area contributed by atoms with Crippen molar-refractivity contribution in [2.24, 2.45) is 0 Å². The number of allylic oxidation sites excluding steroid dienone is 1. The van der Waals surface area contributed by atoms with Crippen LogP contribution in [0.1, 0.15) is 19.4 Å². The number of anilines is 1. The van der Waals surface area contributed by atoms with Gasteiger partial charge in [-0.1, -0.05) is 32.1 Å². The van der Waals surface area contributed by atoms with E-state index in [0.29, 0.717) is 0 Å². The Labute approximate surface area is 92.2 Å². The summed E-state index contributed by atoms with van der Waals surface area (Å²) in [5.74, 6) is 0. The molecule has 0 heterocycles. The van der Waals surface area contributed by atoms with Crippen molar-refractivity contribution in [3.8, 4) is 0 Å². The molecule has 0 radical (unpaired) electrons. The molecule has 0 aliphatic rings. The zero-order valence-electron chi connectivity index (χ0n) is 9.90. The molecule has 0 aliphatic carbocycles. The summed E-state index contributed by atoms with van der Waals surface area (Å²) < 4.78 is 0. The van der Waals surface area contributed by atoms with E-state index in [4.69, 9.17) is 0 Å². The van der Waals surface area contributed by atoms with Crippen molar-refractivity contribution in [2.75, 3.05) is 19.0 Å². The minimum atomic E-state index is 0.778. The van der Waals surface area contributed by atoms with Crippen molar-refractivity contribution in [1.29, 1.82) is 0 Å². The van der Waals surface area contributed by atoms with E-state index in [0.717, 1.165) is 17.5 Å². The quantitative estimate of drug-likeness (QED) is 0.558. The van der Waals surface area contributed by atoms with Crippen LogP contribution in [0.15, 0.2) is 30.3 Å². The van der Waals surface area contributed by atoms with Crippen molar-refractivity contribution < 1.29 is 4.79 Å². The van der Waals surface area contributed by atoms with Crippen molar-refractivity contribution >= 4 is 18.0 Å². The van der Waals surface area contributed by atoms with Gasteiger partial charge >= 0.3 is 0 Å². The van der Waals surface area contributed by atoms with E-state index in [-0.39, 0.29) is 0 Å². The standard InChI is InChI=1S/C11H13NO.C2H6/c1-12(2)11-7-5-10(6-8-11)4-3-9-13;1-2/h3-9H,1-2H3;1-2H3. The van der Waals surface area contributed by atoms with Gasteiger partial charge < -0.3 is 4.90 Å². The largest absolute Gasteiger partial charge is 0.378 e. The average Bonchev–Trinajstić information content (AvgIpc) is 2.29. The van der Waals surface area contributed by atoms with Crippen LogP contribution in [0.3, 0.4) is 0 Å². The van der Waals surface area contributed by atoms with Crippen LogP contribution in [0.2, 0.25) is 0 Å². The van der Waals surface area contributed by atoms with E-state index < -0.39 is 0 Å². The van der Waals surface area contributed by atoms with Gasteiger partial charge in [-0.3, -0.25) is 4.79 Å². The molecule has 0 unspecified atom stereocenters. The fraction of sp³-hybridized carbons (Fsp3) is 0.308. The Morgan fingerprint density at radius 3 is 2.00 bits per heavy atom. The fourth-order valence-corrected chi connectivity index (χ4v) is 1.03. The molecule has 82 valence electrons. The maximum Gasteiger partial charge on any atom is 0.142 e. The molecular formula is C13H19NO. The van der Waals surface area contributed by atoms with Gasteiger partial charge in [-0.05, 0) is 23.8 Å². The minimum absolute atomic E-state index is 0.778. The Bertz CT molecular complexity index is 299. The van der Waals surface area contributed by atoms with E-state index in [9.17, 15) is 4.79 Å². The fourth-order valence-electron chi connectivity index (χ4n) is 1.03. The van der Waals surface area contributed by atoms with Crippen molar-refractivity contribution in [1.82, 2.24) is 0 Å². The zero-order valence-corrected chi connectivity index (χ0v) is 9.90. The van der Waals surface area contributed by atoms with Crippen LogP contribution < -0.4 is 4.90 Å². The Morgan fingerprint density at radius 2 is 1.60 bits per heavy atom. The van der Waals surface area contributed by atoms with Gasteiger partial charge in [0.1, 0.15) is 6.29 Å². The van der Waals surface area contributed by atoms with Gasteiger partial charge in [-0.25, -0.2) is 0 Å². The highest BCUT2D eigenvalue weighted by Gasteiger charge is 1.92. The van der Waals surface area contributed by atoms with Crippen LogP contribution in [-0.4, -0.2) is 20.4 Å². The zero-order chi connectivity index (χ0) is 11.7.